The Kier molecular flexibility index (Phi) is 4.37. The van der Waals surface area contributed by atoms with E-state index in [-0.39, 0.29) is 24.1 Å². The molecule has 1 rings (SSSR count). The molecule has 18 heavy (non-hydrogen) atoms. The Bertz CT molecular complexity index is 404. The lowest BCUT2D eigenvalue weighted by atomic mass is 10.2. The molecular weight excluding hydrogens is 245 g/mol. The van der Waals surface area contributed by atoms with E-state index in [4.69, 9.17) is 5.73 Å². The average Bonchev–Trinajstić information content (AvgIpc) is 2.23. The van der Waals surface area contributed by atoms with Gasteiger partial charge in [-0.05, 0) is 6.92 Å². The average molecular weight is 262 g/mol. The van der Waals surface area contributed by atoms with Crippen LogP contribution in [0.3, 0.4) is 0 Å². The predicted molar refractivity (Wildman–Crippen MR) is 64.5 cm³/mol. The maximum absolute atomic E-state index is 12.4. The second-order valence-electron chi connectivity index (χ2n) is 4.29. The Morgan fingerprint density at radius 3 is 2.39 bits per heavy atom. The molecule has 1 heterocycles. The summed E-state index contributed by atoms with van der Waals surface area (Å²) in [5, 5.41) is 0. The lowest BCUT2D eigenvalue weighted by Crippen LogP contribution is -2.35. The van der Waals surface area contributed by atoms with E-state index >= 15 is 0 Å². The van der Waals surface area contributed by atoms with E-state index in [9.17, 15) is 13.2 Å². The van der Waals surface area contributed by atoms with Crippen LogP contribution in [-0.2, 0) is 0 Å². The summed E-state index contributed by atoms with van der Waals surface area (Å²) in [6.45, 7) is 4.52. The highest BCUT2D eigenvalue weighted by Gasteiger charge is 2.31. The molecular formula is C11H17F3N4. The lowest BCUT2D eigenvalue weighted by molar-refractivity contribution is -0.119. The van der Waals surface area contributed by atoms with Gasteiger partial charge < -0.3 is 10.6 Å². The Hall–Kier alpha value is -1.53. The van der Waals surface area contributed by atoms with Crippen molar-refractivity contribution in [2.24, 2.45) is 0 Å². The summed E-state index contributed by atoms with van der Waals surface area (Å²) in [4.78, 5) is 9.26. The minimum Gasteiger partial charge on any atom is -0.384 e. The van der Waals surface area contributed by atoms with E-state index < -0.39 is 12.7 Å². The molecule has 0 radical (unpaired) electrons. The first-order valence-electron chi connectivity index (χ1n) is 5.69. The lowest BCUT2D eigenvalue weighted by Gasteiger charge is -2.24. The third-order valence-electron chi connectivity index (χ3n) is 2.34. The molecule has 7 heteroatoms. The maximum atomic E-state index is 12.4. The van der Waals surface area contributed by atoms with Crippen molar-refractivity contribution < 1.29 is 13.2 Å². The molecule has 0 unspecified atom stereocenters. The normalized spacial score (nSPS) is 11.9. The SMILES string of the molecule is CCN(CC(F)(F)F)c1cc(N)nc(C(C)C)n1. The molecule has 0 spiro atoms. The molecule has 0 saturated heterocycles. The van der Waals surface area contributed by atoms with E-state index in [1.807, 2.05) is 13.8 Å². The Morgan fingerprint density at radius 2 is 1.94 bits per heavy atom. The van der Waals surface area contributed by atoms with Gasteiger partial charge in [-0.25, -0.2) is 9.97 Å². The van der Waals surface area contributed by atoms with Gasteiger partial charge in [0.15, 0.2) is 0 Å². The molecule has 4 nitrogen and oxygen atoms in total. The fraction of sp³-hybridized carbons (Fsp3) is 0.636. The number of halogens is 3. The summed E-state index contributed by atoms with van der Waals surface area (Å²) in [6, 6.07) is 1.36. The van der Waals surface area contributed by atoms with Crippen molar-refractivity contribution in [1.82, 2.24) is 9.97 Å². The zero-order valence-electron chi connectivity index (χ0n) is 10.6. The topological polar surface area (TPSA) is 55.0 Å². The monoisotopic (exact) mass is 262 g/mol. The van der Waals surface area contributed by atoms with Gasteiger partial charge in [0.25, 0.3) is 0 Å². The smallest absolute Gasteiger partial charge is 0.384 e. The quantitative estimate of drug-likeness (QED) is 0.906. The summed E-state index contributed by atoms with van der Waals surface area (Å²) < 4.78 is 37.3. The Morgan fingerprint density at radius 1 is 1.33 bits per heavy atom. The molecule has 0 bridgehead atoms. The first-order valence-corrected chi connectivity index (χ1v) is 5.69. The van der Waals surface area contributed by atoms with Crippen LogP contribution in [0.25, 0.3) is 0 Å². The van der Waals surface area contributed by atoms with Crippen LogP contribution in [0.1, 0.15) is 32.5 Å². The number of nitrogens with zero attached hydrogens (tertiary/aromatic N) is 3. The van der Waals surface area contributed by atoms with Crippen LogP contribution in [-0.4, -0.2) is 29.2 Å². The van der Waals surface area contributed by atoms with Crippen molar-refractivity contribution in [3.63, 3.8) is 0 Å². The molecule has 2 N–H and O–H groups in total. The van der Waals surface area contributed by atoms with Crippen LogP contribution < -0.4 is 10.6 Å². The molecule has 0 aliphatic rings. The van der Waals surface area contributed by atoms with Gasteiger partial charge in [0.1, 0.15) is 24.0 Å². The van der Waals surface area contributed by atoms with Crippen molar-refractivity contribution in [2.45, 2.75) is 32.9 Å². The first kappa shape index (κ1) is 14.5. The first-order chi connectivity index (χ1) is 8.23. The summed E-state index contributed by atoms with van der Waals surface area (Å²) in [6.07, 6.45) is -4.27. The number of hydrogen-bond donors (Lipinski definition) is 1. The van der Waals surface area contributed by atoms with Crippen molar-refractivity contribution in [3.8, 4) is 0 Å². The number of nitrogens with two attached hydrogens (primary N) is 1. The summed E-state index contributed by atoms with van der Waals surface area (Å²) in [5.41, 5.74) is 5.59. The number of alkyl halides is 3. The second kappa shape index (κ2) is 5.41. The van der Waals surface area contributed by atoms with Gasteiger partial charge in [-0.3, -0.25) is 0 Å². The van der Waals surface area contributed by atoms with E-state index in [2.05, 4.69) is 9.97 Å². The van der Waals surface area contributed by atoms with Gasteiger partial charge in [-0.15, -0.1) is 0 Å². The molecule has 0 atom stereocenters. The van der Waals surface area contributed by atoms with Gasteiger partial charge in [-0.2, -0.15) is 13.2 Å². The summed E-state index contributed by atoms with van der Waals surface area (Å²) >= 11 is 0. The number of rotatable bonds is 4. The largest absolute Gasteiger partial charge is 0.405 e. The molecule has 0 aliphatic heterocycles. The van der Waals surface area contributed by atoms with Crippen molar-refractivity contribution in [3.05, 3.63) is 11.9 Å². The fourth-order valence-corrected chi connectivity index (χ4v) is 1.46. The minimum absolute atomic E-state index is 0.0110. The molecule has 1 aromatic rings. The van der Waals surface area contributed by atoms with Crippen molar-refractivity contribution >= 4 is 11.6 Å². The van der Waals surface area contributed by atoms with E-state index in [0.717, 1.165) is 4.90 Å². The number of nitrogen functional groups attached to an aromatic ring is 1. The highest BCUT2D eigenvalue weighted by Crippen LogP contribution is 2.23. The third kappa shape index (κ3) is 4.05. The molecule has 0 fully saturated rings. The van der Waals surface area contributed by atoms with Crippen LogP contribution >= 0.6 is 0 Å². The van der Waals surface area contributed by atoms with Crippen molar-refractivity contribution in [2.75, 3.05) is 23.7 Å². The fourth-order valence-electron chi connectivity index (χ4n) is 1.46. The second-order valence-corrected chi connectivity index (χ2v) is 4.29. The van der Waals surface area contributed by atoms with Crippen LogP contribution in [0, 0.1) is 0 Å². The van der Waals surface area contributed by atoms with Gasteiger partial charge in [0.05, 0.1) is 0 Å². The Balaban J connectivity index is 3.05. The van der Waals surface area contributed by atoms with Crippen LogP contribution in [0.15, 0.2) is 6.07 Å². The van der Waals surface area contributed by atoms with Crippen LogP contribution in [0.2, 0.25) is 0 Å². The highest BCUT2D eigenvalue weighted by atomic mass is 19.4. The van der Waals surface area contributed by atoms with Crippen molar-refractivity contribution in [1.29, 1.82) is 0 Å². The maximum Gasteiger partial charge on any atom is 0.405 e. The molecule has 0 aromatic carbocycles. The summed E-state index contributed by atoms with van der Waals surface area (Å²) in [7, 11) is 0. The molecule has 1 aromatic heterocycles. The van der Waals surface area contributed by atoms with Crippen LogP contribution in [0.5, 0.6) is 0 Å². The van der Waals surface area contributed by atoms with E-state index in [0.29, 0.717) is 5.82 Å². The Labute approximate surface area is 104 Å². The number of hydrogen-bond acceptors (Lipinski definition) is 4. The third-order valence-corrected chi connectivity index (χ3v) is 2.34. The molecule has 0 saturated carbocycles. The molecule has 0 aliphatic carbocycles. The van der Waals surface area contributed by atoms with Crippen LogP contribution in [0.4, 0.5) is 24.8 Å². The van der Waals surface area contributed by atoms with Gasteiger partial charge in [-0.1, -0.05) is 13.8 Å². The van der Waals surface area contributed by atoms with E-state index in [1.54, 1.807) is 6.92 Å². The van der Waals surface area contributed by atoms with Gasteiger partial charge >= 0.3 is 6.18 Å². The minimum atomic E-state index is -4.27. The van der Waals surface area contributed by atoms with Gasteiger partial charge in [0, 0.05) is 18.5 Å². The standard InChI is InChI=1S/C11H17F3N4/c1-4-18(6-11(12,13)14)9-5-8(15)16-10(17-9)7(2)3/h5,7H,4,6H2,1-3H3,(H2,15,16,17). The van der Waals surface area contributed by atoms with Gasteiger partial charge in [0.2, 0.25) is 0 Å². The zero-order valence-corrected chi connectivity index (χ0v) is 10.6. The summed E-state index contributed by atoms with van der Waals surface area (Å²) in [5.74, 6) is 0.859. The molecule has 102 valence electrons. The highest BCUT2D eigenvalue weighted by molar-refractivity contribution is 5.47. The molecule has 0 amide bonds. The number of aromatic nitrogens is 2. The zero-order chi connectivity index (χ0) is 13.9. The predicted octanol–water partition coefficient (Wildman–Crippen LogP) is 2.57. The van der Waals surface area contributed by atoms with E-state index in [1.165, 1.54) is 6.07 Å². The number of anilines is 2.